The highest BCUT2D eigenvalue weighted by atomic mass is 32.1. The molecule has 3 N–H and O–H groups in total. The zero-order valence-corrected chi connectivity index (χ0v) is 15.9. The molecule has 2 aromatic heterocycles. The van der Waals surface area contributed by atoms with Gasteiger partial charge in [0.2, 0.25) is 0 Å². The number of fused-ring (bicyclic) bond motifs is 1. The molecule has 0 atom stereocenters. The van der Waals surface area contributed by atoms with Crippen LogP contribution in [0.25, 0.3) is 21.6 Å². The second kappa shape index (κ2) is 7.80. The number of nitrogens with one attached hydrogen (secondary N) is 1. The average Bonchev–Trinajstić information content (AvgIpc) is 2.93. The molecule has 0 aliphatic heterocycles. The van der Waals surface area contributed by atoms with E-state index in [0.29, 0.717) is 30.4 Å². The molecule has 0 unspecified atom stereocenters. The van der Waals surface area contributed by atoms with Gasteiger partial charge in [-0.05, 0) is 38.0 Å². The first kappa shape index (κ1) is 18.3. The van der Waals surface area contributed by atoms with E-state index in [4.69, 9.17) is 10.5 Å². The van der Waals surface area contributed by atoms with E-state index in [2.05, 4.69) is 22.2 Å². The maximum atomic E-state index is 12.1. The average molecular weight is 370 g/mol. The number of thiophene rings is 1. The Morgan fingerprint density at radius 3 is 2.65 bits per heavy atom. The second-order valence-corrected chi connectivity index (χ2v) is 7.28. The first-order chi connectivity index (χ1) is 12.5. The molecule has 0 spiro atoms. The summed E-state index contributed by atoms with van der Waals surface area (Å²) in [6.45, 7) is 5.30. The van der Waals surface area contributed by atoms with Gasteiger partial charge in [-0.3, -0.25) is 4.79 Å². The van der Waals surface area contributed by atoms with Crippen LogP contribution in [-0.4, -0.2) is 36.1 Å². The van der Waals surface area contributed by atoms with Crippen LogP contribution in [0.15, 0.2) is 24.3 Å². The molecule has 26 heavy (non-hydrogen) atoms. The molecule has 3 rings (SSSR count). The van der Waals surface area contributed by atoms with Crippen molar-refractivity contribution in [2.45, 2.75) is 20.3 Å². The maximum absolute atomic E-state index is 12.1. The van der Waals surface area contributed by atoms with Crippen molar-refractivity contribution in [1.82, 2.24) is 15.3 Å². The number of hydrogen-bond donors (Lipinski definition) is 2. The molecule has 0 saturated carbocycles. The molecule has 0 aliphatic rings. The monoisotopic (exact) mass is 370 g/mol. The number of amides is 1. The van der Waals surface area contributed by atoms with Gasteiger partial charge in [0.25, 0.3) is 5.91 Å². The number of methoxy groups -OCH3 is 1. The van der Waals surface area contributed by atoms with E-state index >= 15 is 0 Å². The highest BCUT2D eigenvalue weighted by Crippen LogP contribution is 2.33. The predicted molar refractivity (Wildman–Crippen MR) is 106 cm³/mol. The molecule has 0 saturated heterocycles. The minimum Gasteiger partial charge on any atom is -0.385 e. The highest BCUT2D eigenvalue weighted by Gasteiger charge is 2.14. The number of carbonyl (C=O) groups excluding carboxylic acids is 1. The van der Waals surface area contributed by atoms with Gasteiger partial charge in [0.05, 0.1) is 5.39 Å². The van der Waals surface area contributed by atoms with Crippen LogP contribution in [0.1, 0.15) is 27.2 Å². The van der Waals surface area contributed by atoms with Gasteiger partial charge >= 0.3 is 0 Å². The van der Waals surface area contributed by atoms with Crippen molar-refractivity contribution in [2.75, 3.05) is 26.0 Å². The first-order valence-electron chi connectivity index (χ1n) is 8.42. The van der Waals surface area contributed by atoms with Crippen molar-refractivity contribution in [3.05, 3.63) is 40.3 Å². The molecule has 6 nitrogen and oxygen atoms in total. The van der Waals surface area contributed by atoms with Crippen molar-refractivity contribution in [3.8, 4) is 11.4 Å². The van der Waals surface area contributed by atoms with Gasteiger partial charge in [0.1, 0.15) is 10.6 Å². The van der Waals surface area contributed by atoms with E-state index in [-0.39, 0.29) is 5.91 Å². The standard InChI is InChI=1S/C19H22N4O2S/c1-11-12(2)26-19-15(11)16(20)22-17(23-19)13-5-7-14(8-6-13)18(24)21-9-4-10-25-3/h5-8H,4,9-10H2,1-3H3,(H,21,24)(H2,20,22,23). The Morgan fingerprint density at radius 1 is 1.23 bits per heavy atom. The summed E-state index contributed by atoms with van der Waals surface area (Å²) in [5.74, 6) is 0.961. The van der Waals surface area contributed by atoms with Gasteiger partial charge in [0.15, 0.2) is 5.82 Å². The number of aryl methyl sites for hydroxylation is 2. The molecule has 0 radical (unpaired) electrons. The van der Waals surface area contributed by atoms with E-state index in [0.717, 1.165) is 27.8 Å². The Kier molecular flexibility index (Phi) is 5.49. The summed E-state index contributed by atoms with van der Waals surface area (Å²) in [6.07, 6.45) is 0.785. The SMILES string of the molecule is COCCCNC(=O)c1ccc(-c2nc(N)c3c(C)c(C)sc3n2)cc1. The van der Waals surface area contributed by atoms with Crippen molar-refractivity contribution in [1.29, 1.82) is 0 Å². The van der Waals surface area contributed by atoms with Crippen molar-refractivity contribution >= 4 is 33.3 Å². The molecule has 7 heteroatoms. The molecule has 0 aliphatic carbocycles. The van der Waals surface area contributed by atoms with Crippen molar-refractivity contribution in [2.24, 2.45) is 0 Å². The molecule has 2 heterocycles. The lowest BCUT2D eigenvalue weighted by Gasteiger charge is -2.07. The van der Waals surface area contributed by atoms with Gasteiger partial charge in [-0.1, -0.05) is 12.1 Å². The quantitative estimate of drug-likeness (QED) is 0.650. The minimum absolute atomic E-state index is 0.104. The predicted octanol–water partition coefficient (Wildman–Crippen LogP) is 3.32. The topological polar surface area (TPSA) is 90.1 Å². The van der Waals surface area contributed by atoms with Crippen LogP contribution >= 0.6 is 11.3 Å². The number of ether oxygens (including phenoxy) is 1. The zero-order chi connectivity index (χ0) is 18.7. The normalized spacial score (nSPS) is 11.0. The van der Waals surface area contributed by atoms with Crippen LogP contribution in [0.3, 0.4) is 0 Å². The number of rotatable bonds is 6. The molecule has 0 bridgehead atoms. The van der Waals surface area contributed by atoms with Gasteiger partial charge < -0.3 is 15.8 Å². The largest absolute Gasteiger partial charge is 0.385 e. The second-order valence-electron chi connectivity index (χ2n) is 6.08. The lowest BCUT2D eigenvalue weighted by atomic mass is 10.1. The summed E-state index contributed by atoms with van der Waals surface area (Å²) >= 11 is 1.62. The van der Waals surface area contributed by atoms with Crippen LogP contribution in [-0.2, 0) is 4.74 Å². The third-order valence-electron chi connectivity index (χ3n) is 4.27. The Morgan fingerprint density at radius 2 is 1.96 bits per heavy atom. The number of nitrogens with zero attached hydrogens (tertiary/aromatic N) is 2. The summed E-state index contributed by atoms with van der Waals surface area (Å²) in [5, 5.41) is 3.80. The van der Waals surface area contributed by atoms with Gasteiger partial charge in [-0.25, -0.2) is 9.97 Å². The Balaban J connectivity index is 1.80. The summed E-state index contributed by atoms with van der Waals surface area (Å²) in [7, 11) is 1.64. The number of benzene rings is 1. The molecular weight excluding hydrogens is 348 g/mol. The lowest BCUT2D eigenvalue weighted by molar-refractivity contribution is 0.0948. The van der Waals surface area contributed by atoms with E-state index < -0.39 is 0 Å². The van der Waals surface area contributed by atoms with E-state index in [1.54, 1.807) is 30.6 Å². The third-order valence-corrected chi connectivity index (χ3v) is 5.37. The summed E-state index contributed by atoms with van der Waals surface area (Å²) < 4.78 is 4.97. The molecule has 3 aromatic rings. The molecule has 1 aromatic carbocycles. The fourth-order valence-corrected chi connectivity index (χ4v) is 3.74. The fourth-order valence-electron chi connectivity index (χ4n) is 2.70. The fraction of sp³-hybridized carbons (Fsp3) is 0.316. The van der Waals surface area contributed by atoms with Crippen LogP contribution in [0.5, 0.6) is 0 Å². The van der Waals surface area contributed by atoms with Crippen molar-refractivity contribution in [3.63, 3.8) is 0 Å². The first-order valence-corrected chi connectivity index (χ1v) is 9.23. The Bertz CT molecular complexity index is 935. The number of carbonyl (C=O) groups is 1. The number of nitrogen functional groups attached to an aromatic ring is 1. The van der Waals surface area contributed by atoms with Crippen LogP contribution in [0, 0.1) is 13.8 Å². The molecule has 1 amide bonds. The number of nitrogens with two attached hydrogens (primary N) is 1. The van der Waals surface area contributed by atoms with Gasteiger partial charge in [0, 0.05) is 36.3 Å². The molecule has 136 valence electrons. The van der Waals surface area contributed by atoms with Gasteiger partial charge in [-0.2, -0.15) is 0 Å². The molecule has 0 fully saturated rings. The lowest BCUT2D eigenvalue weighted by Crippen LogP contribution is -2.25. The number of aromatic nitrogens is 2. The number of anilines is 1. The van der Waals surface area contributed by atoms with E-state index in [1.165, 1.54) is 4.88 Å². The third kappa shape index (κ3) is 3.68. The summed E-state index contributed by atoms with van der Waals surface area (Å²) in [5.41, 5.74) is 8.71. The van der Waals surface area contributed by atoms with E-state index in [1.807, 2.05) is 19.1 Å². The number of hydrogen-bond acceptors (Lipinski definition) is 6. The van der Waals surface area contributed by atoms with Crippen molar-refractivity contribution < 1.29 is 9.53 Å². The van der Waals surface area contributed by atoms with Gasteiger partial charge in [-0.15, -0.1) is 11.3 Å². The van der Waals surface area contributed by atoms with Crippen LogP contribution in [0.4, 0.5) is 5.82 Å². The van der Waals surface area contributed by atoms with Crippen LogP contribution in [0.2, 0.25) is 0 Å². The minimum atomic E-state index is -0.104. The summed E-state index contributed by atoms with van der Waals surface area (Å²) in [6, 6.07) is 7.24. The van der Waals surface area contributed by atoms with Crippen LogP contribution < -0.4 is 11.1 Å². The Hall–Kier alpha value is -2.51. The van der Waals surface area contributed by atoms with E-state index in [9.17, 15) is 4.79 Å². The highest BCUT2D eigenvalue weighted by molar-refractivity contribution is 7.18. The molecular formula is C19H22N4O2S. The maximum Gasteiger partial charge on any atom is 0.251 e. The Labute approximate surface area is 156 Å². The zero-order valence-electron chi connectivity index (χ0n) is 15.1. The summed E-state index contributed by atoms with van der Waals surface area (Å²) in [4.78, 5) is 23.3. The smallest absolute Gasteiger partial charge is 0.251 e.